The molecule has 0 aliphatic rings. The third kappa shape index (κ3) is 3.02. The van der Waals surface area contributed by atoms with Gasteiger partial charge in [0.05, 0.1) is 13.5 Å². The zero-order valence-electron chi connectivity index (χ0n) is 11.5. The second-order valence-corrected chi connectivity index (χ2v) is 4.61. The second-order valence-electron chi connectivity index (χ2n) is 4.61. The van der Waals surface area contributed by atoms with Crippen molar-refractivity contribution in [2.45, 2.75) is 6.42 Å². The summed E-state index contributed by atoms with van der Waals surface area (Å²) in [4.78, 5) is 16.1. The van der Waals surface area contributed by atoms with Crippen molar-refractivity contribution in [2.75, 3.05) is 12.4 Å². The molecule has 0 bridgehead atoms. The molecule has 0 saturated heterocycles. The Labute approximate surface area is 121 Å². The monoisotopic (exact) mass is 282 g/mol. The van der Waals surface area contributed by atoms with E-state index in [0.29, 0.717) is 17.0 Å². The summed E-state index contributed by atoms with van der Waals surface area (Å²) in [5, 5.41) is 2.84. The smallest absolute Gasteiger partial charge is 0.228 e. The first-order valence-electron chi connectivity index (χ1n) is 6.50. The van der Waals surface area contributed by atoms with Crippen LogP contribution in [0.2, 0.25) is 0 Å². The van der Waals surface area contributed by atoms with Gasteiger partial charge in [-0.15, -0.1) is 0 Å². The number of amides is 1. The van der Waals surface area contributed by atoms with E-state index in [0.717, 1.165) is 11.1 Å². The molecule has 3 rings (SSSR count). The number of ether oxygens (including phenoxy) is 1. The van der Waals surface area contributed by atoms with Gasteiger partial charge >= 0.3 is 0 Å². The van der Waals surface area contributed by atoms with Gasteiger partial charge in [0.2, 0.25) is 5.91 Å². The normalized spacial score (nSPS) is 10.5. The lowest BCUT2D eigenvalue weighted by Gasteiger charge is -2.07. The number of anilines is 1. The fourth-order valence-electron chi connectivity index (χ4n) is 2.10. The molecule has 1 N–H and O–H groups in total. The number of benzene rings is 2. The van der Waals surface area contributed by atoms with E-state index >= 15 is 0 Å². The van der Waals surface area contributed by atoms with Crippen LogP contribution in [0.15, 0.2) is 53.3 Å². The van der Waals surface area contributed by atoms with E-state index in [1.165, 1.54) is 6.39 Å². The van der Waals surface area contributed by atoms with Crippen molar-refractivity contribution in [3.05, 3.63) is 54.4 Å². The van der Waals surface area contributed by atoms with Crippen molar-refractivity contribution >= 4 is 22.7 Å². The second kappa shape index (κ2) is 5.66. The number of aromatic nitrogens is 1. The molecular weight excluding hydrogens is 268 g/mol. The van der Waals surface area contributed by atoms with Crippen molar-refractivity contribution < 1.29 is 13.9 Å². The SMILES string of the molecule is COc1cccc(NC(=O)Cc2ccc3ncoc3c2)c1. The van der Waals surface area contributed by atoms with Gasteiger partial charge in [0.25, 0.3) is 0 Å². The van der Waals surface area contributed by atoms with E-state index in [1.54, 1.807) is 13.2 Å². The Kier molecular flexibility index (Phi) is 3.55. The van der Waals surface area contributed by atoms with Gasteiger partial charge in [-0.3, -0.25) is 4.79 Å². The first-order chi connectivity index (χ1) is 10.2. The molecule has 1 heterocycles. The molecular formula is C16H14N2O3. The van der Waals surface area contributed by atoms with E-state index in [2.05, 4.69) is 10.3 Å². The van der Waals surface area contributed by atoms with Gasteiger partial charge in [0.15, 0.2) is 12.0 Å². The number of nitrogens with one attached hydrogen (secondary N) is 1. The molecule has 0 unspecified atom stereocenters. The average Bonchev–Trinajstić information content (AvgIpc) is 2.95. The van der Waals surface area contributed by atoms with E-state index < -0.39 is 0 Å². The van der Waals surface area contributed by atoms with Crippen molar-refractivity contribution in [3.8, 4) is 5.75 Å². The first-order valence-corrected chi connectivity index (χ1v) is 6.50. The van der Waals surface area contributed by atoms with Crippen LogP contribution in [-0.4, -0.2) is 18.0 Å². The molecule has 1 aromatic heterocycles. The molecule has 0 fully saturated rings. The molecule has 21 heavy (non-hydrogen) atoms. The lowest BCUT2D eigenvalue weighted by atomic mass is 10.1. The number of hydrogen-bond acceptors (Lipinski definition) is 4. The maximum Gasteiger partial charge on any atom is 0.228 e. The maximum atomic E-state index is 12.1. The minimum atomic E-state index is -0.0953. The molecule has 2 aromatic carbocycles. The third-order valence-electron chi connectivity index (χ3n) is 3.11. The van der Waals surface area contributed by atoms with Gasteiger partial charge in [0, 0.05) is 11.8 Å². The van der Waals surface area contributed by atoms with Crippen LogP contribution in [0.5, 0.6) is 5.75 Å². The largest absolute Gasteiger partial charge is 0.497 e. The molecule has 5 nitrogen and oxygen atoms in total. The lowest BCUT2D eigenvalue weighted by Crippen LogP contribution is -2.14. The van der Waals surface area contributed by atoms with Crippen LogP contribution in [0.4, 0.5) is 5.69 Å². The van der Waals surface area contributed by atoms with Gasteiger partial charge < -0.3 is 14.5 Å². The number of methoxy groups -OCH3 is 1. The molecule has 0 aliphatic heterocycles. The highest BCUT2D eigenvalue weighted by atomic mass is 16.5. The predicted octanol–water partition coefficient (Wildman–Crippen LogP) is 3.02. The number of rotatable bonds is 4. The zero-order chi connectivity index (χ0) is 14.7. The highest BCUT2D eigenvalue weighted by molar-refractivity contribution is 5.92. The Morgan fingerprint density at radius 2 is 2.19 bits per heavy atom. The number of hydrogen-bond donors (Lipinski definition) is 1. The topological polar surface area (TPSA) is 64.4 Å². The van der Waals surface area contributed by atoms with Crippen LogP contribution >= 0.6 is 0 Å². The Hall–Kier alpha value is -2.82. The maximum absolute atomic E-state index is 12.1. The van der Waals surface area contributed by atoms with Crippen LogP contribution in [-0.2, 0) is 11.2 Å². The zero-order valence-corrected chi connectivity index (χ0v) is 11.5. The standard InChI is InChI=1S/C16H14N2O3/c1-20-13-4-2-3-12(9-13)18-16(19)8-11-5-6-14-15(7-11)21-10-17-14/h2-7,9-10H,8H2,1H3,(H,18,19). The summed E-state index contributed by atoms with van der Waals surface area (Å²) in [6.45, 7) is 0. The van der Waals surface area contributed by atoms with E-state index in [9.17, 15) is 4.79 Å². The number of fused-ring (bicyclic) bond motifs is 1. The summed E-state index contributed by atoms with van der Waals surface area (Å²) in [5.74, 6) is 0.609. The molecule has 0 aliphatic carbocycles. The van der Waals surface area contributed by atoms with E-state index in [1.807, 2.05) is 36.4 Å². The van der Waals surface area contributed by atoms with E-state index in [-0.39, 0.29) is 12.3 Å². The van der Waals surface area contributed by atoms with Crippen LogP contribution in [0, 0.1) is 0 Å². The average molecular weight is 282 g/mol. The van der Waals surface area contributed by atoms with Gasteiger partial charge in [-0.25, -0.2) is 4.98 Å². The van der Waals surface area contributed by atoms with Gasteiger partial charge in [-0.2, -0.15) is 0 Å². The third-order valence-corrected chi connectivity index (χ3v) is 3.11. The molecule has 0 radical (unpaired) electrons. The molecule has 0 saturated carbocycles. The van der Waals surface area contributed by atoms with Crippen molar-refractivity contribution in [1.82, 2.24) is 4.98 Å². The quantitative estimate of drug-likeness (QED) is 0.799. The predicted molar refractivity (Wildman–Crippen MR) is 79.3 cm³/mol. The highest BCUT2D eigenvalue weighted by Crippen LogP contribution is 2.18. The fraction of sp³-hybridized carbons (Fsp3) is 0.125. The lowest BCUT2D eigenvalue weighted by molar-refractivity contribution is -0.115. The summed E-state index contributed by atoms with van der Waals surface area (Å²) in [6.07, 6.45) is 1.67. The number of nitrogens with zero attached hydrogens (tertiary/aromatic N) is 1. The van der Waals surface area contributed by atoms with Crippen LogP contribution in [0.3, 0.4) is 0 Å². The molecule has 106 valence electrons. The molecule has 1 amide bonds. The summed E-state index contributed by atoms with van der Waals surface area (Å²) < 4.78 is 10.4. The van der Waals surface area contributed by atoms with Gasteiger partial charge in [-0.05, 0) is 29.8 Å². The fourth-order valence-corrected chi connectivity index (χ4v) is 2.10. The summed E-state index contributed by atoms with van der Waals surface area (Å²) in [6, 6.07) is 12.8. The number of carbonyl (C=O) groups is 1. The van der Waals surface area contributed by atoms with E-state index in [4.69, 9.17) is 9.15 Å². The molecule has 0 spiro atoms. The Morgan fingerprint density at radius 3 is 3.05 bits per heavy atom. The van der Waals surface area contributed by atoms with Crippen molar-refractivity contribution in [2.24, 2.45) is 0 Å². The van der Waals surface area contributed by atoms with Crippen LogP contribution in [0.1, 0.15) is 5.56 Å². The summed E-state index contributed by atoms with van der Waals surface area (Å²) >= 11 is 0. The minimum absolute atomic E-state index is 0.0953. The van der Waals surface area contributed by atoms with Crippen molar-refractivity contribution in [1.29, 1.82) is 0 Å². The first kappa shape index (κ1) is 13.2. The summed E-state index contributed by atoms with van der Waals surface area (Å²) in [5.41, 5.74) is 3.05. The summed E-state index contributed by atoms with van der Waals surface area (Å²) in [7, 11) is 1.59. The highest BCUT2D eigenvalue weighted by Gasteiger charge is 2.07. The van der Waals surface area contributed by atoms with Gasteiger partial charge in [0.1, 0.15) is 11.3 Å². The number of oxazole rings is 1. The van der Waals surface area contributed by atoms with Crippen LogP contribution < -0.4 is 10.1 Å². The Bertz CT molecular complexity index is 780. The Morgan fingerprint density at radius 1 is 1.29 bits per heavy atom. The molecule has 5 heteroatoms. The van der Waals surface area contributed by atoms with Gasteiger partial charge in [-0.1, -0.05) is 12.1 Å². The Balaban J connectivity index is 1.70. The minimum Gasteiger partial charge on any atom is -0.497 e. The van der Waals surface area contributed by atoms with Crippen LogP contribution in [0.25, 0.3) is 11.1 Å². The molecule has 3 aromatic rings. The molecule has 0 atom stereocenters. The number of carbonyl (C=O) groups excluding carboxylic acids is 1. The van der Waals surface area contributed by atoms with Crippen molar-refractivity contribution in [3.63, 3.8) is 0 Å².